The molecule has 1 atom stereocenters. The molecule has 0 radical (unpaired) electrons. The molecule has 1 aliphatic rings. The highest BCUT2D eigenvalue weighted by molar-refractivity contribution is 7.90. The van der Waals surface area contributed by atoms with Crippen molar-refractivity contribution in [3.05, 3.63) is 11.6 Å². The van der Waals surface area contributed by atoms with Crippen molar-refractivity contribution in [1.29, 1.82) is 0 Å². The van der Waals surface area contributed by atoms with Crippen LogP contribution in [0.4, 0.5) is 0 Å². The van der Waals surface area contributed by atoms with Crippen LogP contribution in [0.15, 0.2) is 11.6 Å². The summed E-state index contributed by atoms with van der Waals surface area (Å²) >= 11 is 0. The van der Waals surface area contributed by atoms with Gasteiger partial charge in [0.1, 0.15) is 9.84 Å². The minimum atomic E-state index is -2.82. The minimum Gasteiger partial charge on any atom is -0.327 e. The summed E-state index contributed by atoms with van der Waals surface area (Å²) in [7, 11) is -2.82. The van der Waals surface area contributed by atoms with E-state index in [1.807, 2.05) is 0 Å². The lowest BCUT2D eigenvalue weighted by Crippen LogP contribution is -2.22. The molecule has 0 aliphatic heterocycles. The van der Waals surface area contributed by atoms with Gasteiger partial charge < -0.3 is 5.73 Å². The molecule has 0 bridgehead atoms. The normalized spacial score (nSPS) is 19.2. The first kappa shape index (κ1) is 13.7. The molecule has 0 heterocycles. The molecular formula is C12H23NO2S. The third-order valence-corrected chi connectivity index (χ3v) is 4.03. The van der Waals surface area contributed by atoms with Gasteiger partial charge in [-0.25, -0.2) is 8.42 Å². The van der Waals surface area contributed by atoms with Crippen molar-refractivity contribution in [2.45, 2.75) is 51.0 Å². The number of hydrogen-bond donors (Lipinski definition) is 1. The van der Waals surface area contributed by atoms with Crippen molar-refractivity contribution in [2.24, 2.45) is 5.73 Å². The average molecular weight is 245 g/mol. The number of nitrogens with two attached hydrogens (primary N) is 1. The lowest BCUT2D eigenvalue weighted by Gasteiger charge is -2.17. The van der Waals surface area contributed by atoms with Crippen LogP contribution < -0.4 is 5.73 Å². The van der Waals surface area contributed by atoms with Gasteiger partial charge >= 0.3 is 0 Å². The molecule has 4 heteroatoms. The van der Waals surface area contributed by atoms with Crippen LogP contribution in [0.1, 0.15) is 44.9 Å². The molecule has 0 aromatic rings. The highest BCUT2D eigenvalue weighted by atomic mass is 32.2. The van der Waals surface area contributed by atoms with Gasteiger partial charge in [-0.1, -0.05) is 11.6 Å². The van der Waals surface area contributed by atoms with Crippen LogP contribution in [0.2, 0.25) is 0 Å². The average Bonchev–Trinajstić information content (AvgIpc) is 2.17. The van der Waals surface area contributed by atoms with Crippen molar-refractivity contribution in [1.82, 2.24) is 0 Å². The Morgan fingerprint density at radius 1 is 1.44 bits per heavy atom. The number of hydrogen-bond acceptors (Lipinski definition) is 3. The molecule has 1 unspecified atom stereocenters. The first-order valence-electron chi connectivity index (χ1n) is 6.08. The summed E-state index contributed by atoms with van der Waals surface area (Å²) in [5.74, 6) is 0.264. The molecule has 0 spiro atoms. The fraction of sp³-hybridized carbons (Fsp3) is 0.833. The second-order valence-corrected chi connectivity index (χ2v) is 7.10. The predicted molar refractivity (Wildman–Crippen MR) is 68.1 cm³/mol. The molecule has 1 aliphatic carbocycles. The Labute approximate surface area is 99.0 Å². The molecule has 0 saturated heterocycles. The van der Waals surface area contributed by atoms with E-state index in [0.717, 1.165) is 12.8 Å². The standard InChI is InChI=1S/C12H23NO2S/c1-16(14,15)9-5-8-12(13)10-11-6-3-2-4-7-11/h6,12H,2-5,7-10,13H2,1H3. The van der Waals surface area contributed by atoms with E-state index in [9.17, 15) is 8.42 Å². The Hall–Kier alpha value is -0.350. The highest BCUT2D eigenvalue weighted by Crippen LogP contribution is 2.21. The van der Waals surface area contributed by atoms with Crippen molar-refractivity contribution in [3.8, 4) is 0 Å². The van der Waals surface area contributed by atoms with Crippen molar-refractivity contribution in [3.63, 3.8) is 0 Å². The van der Waals surface area contributed by atoms with Gasteiger partial charge in [-0.05, 0) is 44.9 Å². The van der Waals surface area contributed by atoms with Crippen LogP contribution in [-0.2, 0) is 9.84 Å². The Morgan fingerprint density at radius 3 is 2.75 bits per heavy atom. The van der Waals surface area contributed by atoms with E-state index in [2.05, 4.69) is 6.08 Å². The van der Waals surface area contributed by atoms with Crippen LogP contribution >= 0.6 is 0 Å². The second-order valence-electron chi connectivity index (χ2n) is 4.84. The Bertz CT molecular complexity index is 333. The first-order chi connectivity index (χ1) is 7.47. The molecule has 16 heavy (non-hydrogen) atoms. The number of sulfone groups is 1. The maximum absolute atomic E-state index is 11.0. The zero-order valence-electron chi connectivity index (χ0n) is 10.1. The monoisotopic (exact) mass is 245 g/mol. The molecule has 0 saturated carbocycles. The van der Waals surface area contributed by atoms with Gasteiger partial charge in [-0.2, -0.15) is 0 Å². The van der Waals surface area contributed by atoms with E-state index in [4.69, 9.17) is 5.73 Å². The fourth-order valence-corrected chi connectivity index (χ4v) is 2.83. The summed E-state index contributed by atoms with van der Waals surface area (Å²) in [6.07, 6.45) is 11.0. The van der Waals surface area contributed by atoms with Gasteiger partial charge in [0.25, 0.3) is 0 Å². The van der Waals surface area contributed by atoms with E-state index < -0.39 is 9.84 Å². The van der Waals surface area contributed by atoms with Gasteiger partial charge in [0.2, 0.25) is 0 Å². The van der Waals surface area contributed by atoms with Crippen molar-refractivity contribution in [2.75, 3.05) is 12.0 Å². The van der Waals surface area contributed by atoms with Gasteiger partial charge in [-0.3, -0.25) is 0 Å². The second kappa shape index (κ2) is 6.40. The number of rotatable bonds is 6. The van der Waals surface area contributed by atoms with Crippen LogP contribution in [0.25, 0.3) is 0 Å². The van der Waals surface area contributed by atoms with Crippen molar-refractivity contribution < 1.29 is 8.42 Å². The van der Waals surface area contributed by atoms with Gasteiger partial charge in [0.15, 0.2) is 0 Å². The summed E-state index contributed by atoms with van der Waals surface area (Å²) < 4.78 is 21.9. The molecule has 0 amide bonds. The van der Waals surface area contributed by atoms with Crippen LogP contribution in [0, 0.1) is 0 Å². The predicted octanol–water partition coefficient (Wildman–Crippen LogP) is 2.03. The van der Waals surface area contributed by atoms with E-state index in [-0.39, 0.29) is 11.8 Å². The third-order valence-electron chi connectivity index (χ3n) is 3.00. The number of allylic oxidation sites excluding steroid dienone is 1. The van der Waals surface area contributed by atoms with E-state index in [1.54, 1.807) is 0 Å². The quantitative estimate of drug-likeness (QED) is 0.728. The lowest BCUT2D eigenvalue weighted by molar-refractivity contribution is 0.560. The Balaban J connectivity index is 2.20. The van der Waals surface area contributed by atoms with Gasteiger partial charge in [0.05, 0.1) is 0 Å². The van der Waals surface area contributed by atoms with Crippen LogP contribution in [0.5, 0.6) is 0 Å². The molecule has 0 aromatic heterocycles. The zero-order chi connectivity index (χ0) is 12.0. The molecule has 2 N–H and O–H groups in total. The Morgan fingerprint density at radius 2 is 2.19 bits per heavy atom. The summed E-state index contributed by atoms with van der Waals surface area (Å²) in [5.41, 5.74) is 7.47. The maximum atomic E-state index is 11.0. The SMILES string of the molecule is CS(=O)(=O)CCCC(N)CC1=CCCCC1. The van der Waals surface area contributed by atoms with Gasteiger partial charge in [-0.15, -0.1) is 0 Å². The lowest BCUT2D eigenvalue weighted by atomic mass is 9.93. The summed E-state index contributed by atoms with van der Waals surface area (Å²) in [6.45, 7) is 0. The van der Waals surface area contributed by atoms with E-state index in [0.29, 0.717) is 6.42 Å². The third kappa shape index (κ3) is 6.28. The molecule has 3 nitrogen and oxygen atoms in total. The zero-order valence-corrected chi connectivity index (χ0v) is 10.9. The molecular weight excluding hydrogens is 222 g/mol. The molecule has 0 aromatic carbocycles. The van der Waals surface area contributed by atoms with Crippen LogP contribution in [0.3, 0.4) is 0 Å². The topological polar surface area (TPSA) is 60.2 Å². The van der Waals surface area contributed by atoms with Crippen molar-refractivity contribution >= 4 is 9.84 Å². The summed E-state index contributed by atoms with van der Waals surface area (Å²) in [6, 6.07) is 0.131. The molecule has 1 rings (SSSR count). The Kier molecular flexibility index (Phi) is 5.49. The minimum absolute atomic E-state index is 0.131. The first-order valence-corrected chi connectivity index (χ1v) is 8.14. The largest absolute Gasteiger partial charge is 0.327 e. The summed E-state index contributed by atoms with van der Waals surface area (Å²) in [5, 5.41) is 0. The van der Waals surface area contributed by atoms with Gasteiger partial charge in [0, 0.05) is 18.1 Å². The van der Waals surface area contributed by atoms with E-state index >= 15 is 0 Å². The van der Waals surface area contributed by atoms with E-state index in [1.165, 1.54) is 37.5 Å². The highest BCUT2D eigenvalue weighted by Gasteiger charge is 2.10. The molecule has 0 fully saturated rings. The van der Waals surface area contributed by atoms with Crippen LogP contribution in [-0.4, -0.2) is 26.5 Å². The summed E-state index contributed by atoms with van der Waals surface area (Å²) in [4.78, 5) is 0. The fourth-order valence-electron chi connectivity index (χ4n) is 2.14. The molecule has 94 valence electrons. The smallest absolute Gasteiger partial charge is 0.147 e. The maximum Gasteiger partial charge on any atom is 0.147 e.